The van der Waals surface area contributed by atoms with Gasteiger partial charge in [0.25, 0.3) is 0 Å². The topological polar surface area (TPSA) is 30.5 Å². The van der Waals surface area contributed by atoms with E-state index in [9.17, 15) is 0 Å². The standard InChI is InChI=1S/C18H29NO2/c1-6-11-19-15(17(20-5)18(2,3)4)14-9-7-8-13-10-12-21-16(13)14/h7-9,15,17,19H,6,10-12H2,1-5H3. The number of hydrogen-bond acceptors (Lipinski definition) is 3. The van der Waals surface area contributed by atoms with Crippen LogP contribution in [-0.2, 0) is 11.2 Å². The third-order valence-electron chi connectivity index (χ3n) is 4.10. The van der Waals surface area contributed by atoms with Crippen molar-refractivity contribution in [2.75, 3.05) is 20.3 Å². The summed E-state index contributed by atoms with van der Waals surface area (Å²) in [4.78, 5) is 0. The summed E-state index contributed by atoms with van der Waals surface area (Å²) in [5.74, 6) is 1.07. The highest BCUT2D eigenvalue weighted by Gasteiger charge is 2.35. The number of benzene rings is 1. The number of methoxy groups -OCH3 is 1. The van der Waals surface area contributed by atoms with E-state index in [1.54, 1.807) is 7.11 Å². The number of para-hydroxylation sites is 1. The van der Waals surface area contributed by atoms with Crippen LogP contribution in [0.2, 0.25) is 0 Å². The van der Waals surface area contributed by atoms with Gasteiger partial charge in [-0.1, -0.05) is 45.9 Å². The third-order valence-corrected chi connectivity index (χ3v) is 4.10. The Labute approximate surface area is 129 Å². The maximum absolute atomic E-state index is 5.90. The van der Waals surface area contributed by atoms with Crippen molar-refractivity contribution in [1.29, 1.82) is 0 Å². The normalized spacial score (nSPS) is 17.2. The molecule has 0 saturated carbocycles. The van der Waals surface area contributed by atoms with E-state index in [0.29, 0.717) is 0 Å². The first-order valence-corrected chi connectivity index (χ1v) is 7.99. The fraction of sp³-hybridized carbons (Fsp3) is 0.667. The fourth-order valence-electron chi connectivity index (χ4n) is 3.16. The average molecular weight is 291 g/mol. The third kappa shape index (κ3) is 3.58. The van der Waals surface area contributed by atoms with Gasteiger partial charge in [-0.3, -0.25) is 0 Å². The first kappa shape index (κ1) is 16.3. The highest BCUT2D eigenvalue weighted by molar-refractivity contribution is 5.46. The molecule has 1 aromatic carbocycles. The van der Waals surface area contributed by atoms with Crippen LogP contribution < -0.4 is 10.1 Å². The van der Waals surface area contributed by atoms with Crippen LogP contribution in [0.25, 0.3) is 0 Å². The van der Waals surface area contributed by atoms with Crippen LogP contribution in [0.5, 0.6) is 5.75 Å². The van der Waals surface area contributed by atoms with Crippen molar-refractivity contribution in [3.8, 4) is 5.75 Å². The molecule has 1 heterocycles. The summed E-state index contributed by atoms with van der Waals surface area (Å²) in [6.45, 7) is 10.6. The summed E-state index contributed by atoms with van der Waals surface area (Å²) in [6, 6.07) is 6.64. The van der Waals surface area contributed by atoms with Gasteiger partial charge in [-0.2, -0.15) is 0 Å². The molecule has 2 rings (SSSR count). The van der Waals surface area contributed by atoms with Crippen LogP contribution in [0.15, 0.2) is 18.2 Å². The molecule has 1 aliphatic rings. The Morgan fingerprint density at radius 2 is 2.10 bits per heavy atom. The number of ether oxygens (including phenoxy) is 2. The zero-order chi connectivity index (χ0) is 15.5. The van der Waals surface area contributed by atoms with E-state index in [4.69, 9.17) is 9.47 Å². The molecule has 0 aromatic heterocycles. The number of nitrogens with one attached hydrogen (secondary N) is 1. The minimum atomic E-state index is 0.0570. The van der Waals surface area contributed by atoms with Crippen LogP contribution in [-0.4, -0.2) is 26.4 Å². The summed E-state index contributed by atoms with van der Waals surface area (Å²) in [5.41, 5.74) is 2.61. The summed E-state index contributed by atoms with van der Waals surface area (Å²) < 4.78 is 11.8. The lowest BCUT2D eigenvalue weighted by Gasteiger charge is -2.37. The Balaban J connectivity index is 2.38. The maximum atomic E-state index is 5.90. The van der Waals surface area contributed by atoms with E-state index < -0.39 is 0 Å². The average Bonchev–Trinajstić information content (AvgIpc) is 2.90. The lowest BCUT2D eigenvalue weighted by atomic mass is 9.81. The first-order valence-electron chi connectivity index (χ1n) is 7.99. The van der Waals surface area contributed by atoms with Crippen molar-refractivity contribution in [2.45, 2.75) is 52.7 Å². The molecule has 21 heavy (non-hydrogen) atoms. The molecule has 0 spiro atoms. The Morgan fingerprint density at radius 1 is 1.33 bits per heavy atom. The van der Waals surface area contributed by atoms with Crippen molar-refractivity contribution >= 4 is 0 Å². The zero-order valence-corrected chi connectivity index (χ0v) is 14.0. The second-order valence-corrected chi connectivity index (χ2v) is 6.89. The zero-order valence-electron chi connectivity index (χ0n) is 14.0. The SMILES string of the molecule is CCCNC(c1cccc2c1OCC2)C(OC)C(C)(C)C. The molecule has 0 saturated heterocycles. The fourth-order valence-corrected chi connectivity index (χ4v) is 3.16. The van der Waals surface area contributed by atoms with Gasteiger partial charge in [0.1, 0.15) is 5.75 Å². The molecule has 0 amide bonds. The summed E-state index contributed by atoms with van der Waals surface area (Å²) in [7, 11) is 1.81. The first-order chi connectivity index (χ1) is 9.99. The Hall–Kier alpha value is -1.06. The molecule has 1 N–H and O–H groups in total. The lowest BCUT2D eigenvalue weighted by molar-refractivity contribution is -0.0124. The van der Waals surface area contributed by atoms with Crippen molar-refractivity contribution in [2.24, 2.45) is 5.41 Å². The van der Waals surface area contributed by atoms with E-state index >= 15 is 0 Å². The minimum Gasteiger partial charge on any atom is -0.493 e. The summed E-state index contributed by atoms with van der Waals surface area (Å²) in [6.07, 6.45) is 2.21. The van der Waals surface area contributed by atoms with Gasteiger partial charge in [0.2, 0.25) is 0 Å². The number of rotatable bonds is 6. The van der Waals surface area contributed by atoms with Gasteiger partial charge in [-0.25, -0.2) is 0 Å². The predicted molar refractivity (Wildman–Crippen MR) is 86.9 cm³/mol. The molecule has 2 unspecified atom stereocenters. The Bertz CT molecular complexity index is 465. The van der Waals surface area contributed by atoms with Crippen molar-refractivity contribution in [1.82, 2.24) is 5.32 Å². The van der Waals surface area contributed by atoms with Crippen LogP contribution in [0.1, 0.15) is 51.3 Å². The molecule has 118 valence electrons. The molecular weight excluding hydrogens is 262 g/mol. The molecule has 1 aromatic rings. The van der Waals surface area contributed by atoms with E-state index in [1.165, 1.54) is 11.1 Å². The molecule has 3 nitrogen and oxygen atoms in total. The maximum Gasteiger partial charge on any atom is 0.127 e. The molecule has 0 radical (unpaired) electrons. The second kappa shape index (κ2) is 6.80. The minimum absolute atomic E-state index is 0.0570. The Kier molecular flexibility index (Phi) is 5.28. The predicted octanol–water partition coefficient (Wildman–Crippen LogP) is 3.72. The monoisotopic (exact) mass is 291 g/mol. The van der Waals surface area contributed by atoms with E-state index in [-0.39, 0.29) is 17.6 Å². The second-order valence-electron chi connectivity index (χ2n) is 6.89. The molecular formula is C18H29NO2. The molecule has 0 fully saturated rings. The van der Waals surface area contributed by atoms with Crippen molar-refractivity contribution in [3.63, 3.8) is 0 Å². The van der Waals surface area contributed by atoms with Gasteiger partial charge in [0.05, 0.1) is 18.8 Å². The van der Waals surface area contributed by atoms with E-state index in [0.717, 1.165) is 31.7 Å². The molecule has 2 atom stereocenters. The molecule has 0 aliphatic carbocycles. The van der Waals surface area contributed by atoms with E-state index in [1.807, 2.05) is 0 Å². The van der Waals surface area contributed by atoms with Gasteiger partial charge >= 0.3 is 0 Å². The molecule has 1 aliphatic heterocycles. The van der Waals surface area contributed by atoms with Crippen molar-refractivity contribution in [3.05, 3.63) is 29.3 Å². The molecule has 0 bridgehead atoms. The van der Waals surface area contributed by atoms with Gasteiger partial charge in [-0.05, 0) is 23.9 Å². The van der Waals surface area contributed by atoms with Gasteiger partial charge in [0, 0.05) is 19.1 Å². The van der Waals surface area contributed by atoms with E-state index in [2.05, 4.69) is 51.2 Å². The van der Waals surface area contributed by atoms with Crippen LogP contribution in [0, 0.1) is 5.41 Å². The van der Waals surface area contributed by atoms with Crippen LogP contribution in [0.4, 0.5) is 0 Å². The smallest absolute Gasteiger partial charge is 0.127 e. The summed E-state index contributed by atoms with van der Waals surface area (Å²) >= 11 is 0. The largest absolute Gasteiger partial charge is 0.493 e. The Morgan fingerprint density at radius 3 is 2.71 bits per heavy atom. The quantitative estimate of drug-likeness (QED) is 0.866. The summed E-state index contributed by atoms with van der Waals surface area (Å²) in [5, 5.41) is 3.67. The highest BCUT2D eigenvalue weighted by Crippen LogP contribution is 2.39. The van der Waals surface area contributed by atoms with Crippen molar-refractivity contribution < 1.29 is 9.47 Å². The lowest BCUT2D eigenvalue weighted by Crippen LogP contribution is -2.42. The van der Waals surface area contributed by atoms with Crippen LogP contribution >= 0.6 is 0 Å². The van der Waals surface area contributed by atoms with Gasteiger partial charge in [-0.15, -0.1) is 0 Å². The van der Waals surface area contributed by atoms with Gasteiger partial charge < -0.3 is 14.8 Å². The number of hydrogen-bond donors (Lipinski definition) is 1. The van der Waals surface area contributed by atoms with Crippen LogP contribution in [0.3, 0.4) is 0 Å². The van der Waals surface area contributed by atoms with Gasteiger partial charge in [0.15, 0.2) is 0 Å². The number of fused-ring (bicyclic) bond motifs is 1. The highest BCUT2D eigenvalue weighted by atomic mass is 16.5. The molecule has 3 heteroatoms.